The van der Waals surface area contributed by atoms with Gasteiger partial charge in [-0.25, -0.2) is 15.4 Å². The third kappa shape index (κ3) is 4.57. The Balaban J connectivity index is 1.86. The van der Waals surface area contributed by atoms with Gasteiger partial charge >= 0.3 is 0 Å². The Morgan fingerprint density at radius 1 is 0.812 bits per heavy atom. The summed E-state index contributed by atoms with van der Waals surface area (Å²) in [4.78, 5) is 8.87. The zero-order valence-corrected chi connectivity index (χ0v) is 19.9. The molecule has 2 heterocycles. The molecule has 4 rings (SSSR count). The summed E-state index contributed by atoms with van der Waals surface area (Å²) in [6.45, 7) is 14.7. The van der Waals surface area contributed by atoms with E-state index in [-0.39, 0.29) is 5.41 Å². The van der Waals surface area contributed by atoms with E-state index in [2.05, 4.69) is 91.5 Å². The number of nitrogens with zero attached hydrogens (tertiary/aromatic N) is 3. The smallest absolute Gasteiger partial charge is 0.243 e. The Labute approximate surface area is 189 Å². The monoisotopic (exact) mass is 426 g/mol. The van der Waals surface area contributed by atoms with Gasteiger partial charge in [0.05, 0.1) is 5.36 Å². The molecule has 0 aliphatic carbocycles. The molecule has 4 aromatic rings. The molecule has 2 aromatic heterocycles. The fourth-order valence-electron chi connectivity index (χ4n) is 3.68. The van der Waals surface area contributed by atoms with E-state index in [1.165, 1.54) is 16.7 Å². The minimum atomic E-state index is 0.101. The number of hydrogen-bond donors (Lipinski definition) is 1. The van der Waals surface area contributed by atoms with Crippen LogP contribution in [0.1, 0.15) is 48.8 Å². The summed E-state index contributed by atoms with van der Waals surface area (Å²) in [5.74, 6) is 1.25. The zero-order chi connectivity index (χ0) is 23.0. The highest BCUT2D eigenvalue weighted by Gasteiger charge is 2.14. The molecule has 0 amide bonds. The number of rotatable bonds is 3. The van der Waals surface area contributed by atoms with E-state index >= 15 is 0 Å². The van der Waals surface area contributed by atoms with Crippen molar-refractivity contribution < 1.29 is 4.42 Å². The molecule has 2 aromatic carbocycles. The van der Waals surface area contributed by atoms with Crippen LogP contribution in [0.4, 0.5) is 5.95 Å². The minimum Gasteiger partial charge on any atom is -0.456 e. The summed E-state index contributed by atoms with van der Waals surface area (Å²) in [5, 5.41) is 6.39. The van der Waals surface area contributed by atoms with Crippen LogP contribution < -0.4 is 10.8 Å². The molecular formula is C27H30N4O. The predicted octanol–water partition coefficient (Wildman–Crippen LogP) is 6.35. The van der Waals surface area contributed by atoms with Crippen LogP contribution >= 0.6 is 0 Å². The van der Waals surface area contributed by atoms with Gasteiger partial charge < -0.3 is 4.42 Å². The predicted molar refractivity (Wildman–Crippen MR) is 131 cm³/mol. The number of nitrogens with one attached hydrogen (secondary N) is 1. The standard InChI is InChI=1S/C27H30N4O/c1-16-12-22-23(30-31-26-28-18(3)14-19(4)29-26)15-24(32-25(22)13-17(16)2)20-8-10-21(11-9-20)27(5,6)7/h8-15H,1-7H3,(H,28,29,31)/b30-23+. The first kappa shape index (κ1) is 21.8. The fourth-order valence-corrected chi connectivity index (χ4v) is 3.68. The highest BCUT2D eigenvalue weighted by Crippen LogP contribution is 2.28. The van der Waals surface area contributed by atoms with Crippen LogP contribution in [0.2, 0.25) is 0 Å². The number of aryl methyl sites for hydroxylation is 4. The quantitative estimate of drug-likeness (QED) is 0.388. The minimum absolute atomic E-state index is 0.101. The van der Waals surface area contributed by atoms with Crippen LogP contribution in [0.25, 0.3) is 22.3 Å². The van der Waals surface area contributed by atoms with Gasteiger partial charge in [0, 0.05) is 28.4 Å². The molecule has 164 valence electrons. The van der Waals surface area contributed by atoms with Gasteiger partial charge in [-0.2, -0.15) is 5.10 Å². The van der Waals surface area contributed by atoms with Crippen LogP contribution in [0, 0.1) is 27.7 Å². The van der Waals surface area contributed by atoms with E-state index in [1.807, 2.05) is 26.0 Å². The topological polar surface area (TPSA) is 63.3 Å². The molecule has 0 spiro atoms. The van der Waals surface area contributed by atoms with Crippen LogP contribution in [0.5, 0.6) is 0 Å². The molecule has 0 saturated carbocycles. The third-order valence-electron chi connectivity index (χ3n) is 5.65. The van der Waals surface area contributed by atoms with E-state index in [9.17, 15) is 0 Å². The largest absolute Gasteiger partial charge is 0.456 e. The van der Waals surface area contributed by atoms with Crippen molar-refractivity contribution in [2.75, 3.05) is 5.43 Å². The molecule has 5 heteroatoms. The molecule has 0 saturated heterocycles. The molecule has 0 unspecified atom stereocenters. The Morgan fingerprint density at radius 2 is 1.44 bits per heavy atom. The summed E-state index contributed by atoms with van der Waals surface area (Å²) in [5.41, 5.74) is 10.4. The maximum absolute atomic E-state index is 6.32. The number of anilines is 1. The summed E-state index contributed by atoms with van der Waals surface area (Å²) in [6, 6.07) is 16.6. The van der Waals surface area contributed by atoms with Crippen molar-refractivity contribution >= 4 is 16.9 Å². The van der Waals surface area contributed by atoms with Crippen molar-refractivity contribution in [2.24, 2.45) is 5.10 Å². The van der Waals surface area contributed by atoms with Gasteiger partial charge in [0.2, 0.25) is 5.95 Å². The second kappa shape index (κ2) is 8.23. The van der Waals surface area contributed by atoms with Crippen molar-refractivity contribution in [3.8, 4) is 11.3 Å². The molecule has 1 N–H and O–H groups in total. The Hall–Kier alpha value is -3.47. The third-order valence-corrected chi connectivity index (χ3v) is 5.65. The van der Waals surface area contributed by atoms with E-state index in [0.29, 0.717) is 5.95 Å². The average molecular weight is 427 g/mol. The number of fused-ring (bicyclic) bond motifs is 1. The van der Waals surface area contributed by atoms with Gasteiger partial charge in [0.1, 0.15) is 11.3 Å². The summed E-state index contributed by atoms with van der Waals surface area (Å²) >= 11 is 0. The van der Waals surface area contributed by atoms with Crippen LogP contribution in [0.3, 0.4) is 0 Å². The number of benzene rings is 2. The Kier molecular flexibility index (Phi) is 5.59. The van der Waals surface area contributed by atoms with Gasteiger partial charge in [0.25, 0.3) is 0 Å². The van der Waals surface area contributed by atoms with E-state index in [1.54, 1.807) is 0 Å². The van der Waals surface area contributed by atoms with Crippen LogP contribution in [-0.2, 0) is 5.41 Å². The molecule has 0 atom stereocenters. The first-order chi connectivity index (χ1) is 15.1. The van der Waals surface area contributed by atoms with Crippen molar-refractivity contribution in [3.05, 3.63) is 82.0 Å². The lowest BCUT2D eigenvalue weighted by Gasteiger charge is -2.19. The van der Waals surface area contributed by atoms with Gasteiger partial charge in [0.15, 0.2) is 0 Å². The molecule has 0 aliphatic heterocycles. The maximum atomic E-state index is 6.32. The molecule has 0 aliphatic rings. The average Bonchev–Trinajstić information content (AvgIpc) is 2.72. The summed E-state index contributed by atoms with van der Waals surface area (Å²) in [6.07, 6.45) is 0. The van der Waals surface area contributed by atoms with E-state index in [4.69, 9.17) is 4.42 Å². The molecular weight excluding hydrogens is 396 g/mol. The number of hydrogen-bond acceptors (Lipinski definition) is 5. The lowest BCUT2D eigenvalue weighted by molar-refractivity contribution is 0.589. The van der Waals surface area contributed by atoms with Gasteiger partial charge in [-0.15, -0.1) is 0 Å². The van der Waals surface area contributed by atoms with Crippen LogP contribution in [-0.4, -0.2) is 9.97 Å². The molecule has 0 bridgehead atoms. The number of aromatic nitrogens is 2. The molecule has 5 nitrogen and oxygen atoms in total. The molecule has 32 heavy (non-hydrogen) atoms. The van der Waals surface area contributed by atoms with E-state index in [0.717, 1.165) is 39.0 Å². The highest BCUT2D eigenvalue weighted by molar-refractivity contribution is 5.80. The van der Waals surface area contributed by atoms with Gasteiger partial charge in [-0.3, -0.25) is 0 Å². The lowest BCUT2D eigenvalue weighted by Crippen LogP contribution is -2.11. The Bertz CT molecular complexity index is 1340. The second-order valence-corrected chi connectivity index (χ2v) is 9.45. The van der Waals surface area contributed by atoms with Crippen molar-refractivity contribution in [3.63, 3.8) is 0 Å². The van der Waals surface area contributed by atoms with Crippen molar-refractivity contribution in [2.45, 2.75) is 53.9 Å². The van der Waals surface area contributed by atoms with Crippen molar-refractivity contribution in [1.82, 2.24) is 9.97 Å². The lowest BCUT2D eigenvalue weighted by atomic mass is 9.86. The van der Waals surface area contributed by atoms with Gasteiger partial charge in [-0.1, -0.05) is 45.0 Å². The first-order valence-corrected chi connectivity index (χ1v) is 10.9. The summed E-state index contributed by atoms with van der Waals surface area (Å²) < 4.78 is 6.32. The maximum Gasteiger partial charge on any atom is 0.243 e. The second-order valence-electron chi connectivity index (χ2n) is 9.45. The Morgan fingerprint density at radius 3 is 2.06 bits per heavy atom. The molecule has 0 radical (unpaired) electrons. The highest BCUT2D eigenvalue weighted by atomic mass is 16.3. The normalized spacial score (nSPS) is 12.4. The van der Waals surface area contributed by atoms with Gasteiger partial charge in [-0.05, 0) is 68.0 Å². The summed E-state index contributed by atoms with van der Waals surface area (Å²) in [7, 11) is 0. The SMILES string of the molecule is Cc1cc(C)nc(N/N=c2\cc(-c3ccc(C(C)(C)C)cc3)oc3cc(C)c(C)cc23)n1. The van der Waals surface area contributed by atoms with Crippen molar-refractivity contribution in [1.29, 1.82) is 0 Å². The molecule has 0 fully saturated rings. The first-order valence-electron chi connectivity index (χ1n) is 10.9. The van der Waals surface area contributed by atoms with Crippen LogP contribution in [0.15, 0.2) is 58.0 Å². The fraction of sp³-hybridized carbons (Fsp3) is 0.296. The zero-order valence-electron chi connectivity index (χ0n) is 19.9. The van der Waals surface area contributed by atoms with E-state index < -0.39 is 0 Å².